The molecule has 0 fully saturated rings. The number of nitrogens with one attached hydrogen (secondary N) is 2. The minimum absolute atomic E-state index is 0.417. The molecule has 0 saturated heterocycles. The van der Waals surface area contributed by atoms with Gasteiger partial charge in [-0.15, -0.1) is 0 Å². The highest BCUT2D eigenvalue weighted by Gasteiger charge is 2.06. The molecule has 5 heteroatoms. The lowest BCUT2D eigenvalue weighted by Gasteiger charge is -2.09. The molecule has 2 rings (SSSR count). The van der Waals surface area contributed by atoms with Gasteiger partial charge in [0.1, 0.15) is 0 Å². The quantitative estimate of drug-likeness (QED) is 0.747. The van der Waals surface area contributed by atoms with Crippen molar-refractivity contribution in [3.8, 4) is 0 Å². The Labute approximate surface area is 129 Å². The minimum atomic E-state index is -0.417. The van der Waals surface area contributed by atoms with E-state index in [4.69, 9.17) is 13.1 Å². The van der Waals surface area contributed by atoms with E-state index >= 15 is 0 Å². The predicted molar refractivity (Wildman–Crippen MR) is 87.5 cm³/mol. The Morgan fingerprint density at radius 2 is 1.27 bits per heavy atom. The molecule has 0 spiro atoms. The first-order valence-corrected chi connectivity index (χ1v) is 6.57. The van der Waals surface area contributed by atoms with E-state index in [1.54, 1.807) is 36.4 Å². The smallest absolute Gasteiger partial charge is 0.309 e. The summed E-state index contributed by atoms with van der Waals surface area (Å²) in [4.78, 5) is 18.8. The molecule has 0 atom stereocenters. The van der Waals surface area contributed by atoms with Gasteiger partial charge in [-0.1, -0.05) is 12.1 Å². The van der Waals surface area contributed by atoms with Gasteiger partial charge < -0.3 is 10.6 Å². The van der Waals surface area contributed by atoms with E-state index in [0.29, 0.717) is 22.7 Å². The first-order chi connectivity index (χ1) is 10.5. The van der Waals surface area contributed by atoms with Crippen molar-refractivity contribution in [2.75, 3.05) is 10.6 Å². The van der Waals surface area contributed by atoms with E-state index in [1.807, 2.05) is 13.8 Å². The zero-order valence-corrected chi connectivity index (χ0v) is 12.3. The van der Waals surface area contributed by atoms with Gasteiger partial charge in [0.15, 0.2) is 11.4 Å². The molecule has 2 amide bonds. The number of hydrogen-bond acceptors (Lipinski definition) is 1. The Bertz CT molecular complexity index is 745. The molecule has 2 aromatic rings. The summed E-state index contributed by atoms with van der Waals surface area (Å²) in [6, 6.07) is 9.88. The van der Waals surface area contributed by atoms with Crippen molar-refractivity contribution < 1.29 is 4.79 Å². The van der Waals surface area contributed by atoms with Crippen LogP contribution in [0.15, 0.2) is 36.4 Å². The molecule has 0 unspecified atom stereocenters. The van der Waals surface area contributed by atoms with Crippen molar-refractivity contribution >= 4 is 28.8 Å². The highest BCUT2D eigenvalue weighted by molar-refractivity contribution is 6.00. The molecule has 5 nitrogen and oxygen atoms in total. The van der Waals surface area contributed by atoms with Crippen LogP contribution in [0.3, 0.4) is 0 Å². The minimum Gasteiger partial charge on any atom is -0.309 e. The van der Waals surface area contributed by atoms with E-state index in [1.165, 1.54) is 0 Å². The van der Waals surface area contributed by atoms with Gasteiger partial charge in [0, 0.05) is 11.4 Å². The molecular weight excluding hydrogens is 276 g/mol. The van der Waals surface area contributed by atoms with Crippen molar-refractivity contribution in [2.45, 2.75) is 13.8 Å². The van der Waals surface area contributed by atoms with Gasteiger partial charge in [-0.2, -0.15) is 0 Å². The largest absolute Gasteiger partial charge is 0.323 e. The fourth-order valence-corrected chi connectivity index (χ4v) is 1.91. The molecule has 2 aromatic carbocycles. The Balaban J connectivity index is 2.11. The van der Waals surface area contributed by atoms with E-state index in [2.05, 4.69) is 20.3 Å². The first-order valence-electron chi connectivity index (χ1n) is 6.57. The highest BCUT2D eigenvalue weighted by Crippen LogP contribution is 2.24. The SMILES string of the molecule is [C-]#[N+]c1cc(NC(=O)Nc2ccc(C)c([N+]#[C-])c2)ccc1C. The number of carbonyl (C=O) groups is 1. The van der Waals surface area contributed by atoms with Crippen LogP contribution >= 0.6 is 0 Å². The van der Waals surface area contributed by atoms with E-state index in [-0.39, 0.29) is 0 Å². The van der Waals surface area contributed by atoms with Gasteiger partial charge in [-0.05, 0) is 49.2 Å². The lowest BCUT2D eigenvalue weighted by atomic mass is 10.2. The molecule has 0 radical (unpaired) electrons. The Kier molecular flexibility index (Phi) is 4.41. The summed E-state index contributed by atoms with van der Waals surface area (Å²) in [7, 11) is 0. The van der Waals surface area contributed by atoms with E-state index < -0.39 is 6.03 Å². The average molecular weight is 290 g/mol. The normalized spacial score (nSPS) is 9.45. The standard InChI is InChI=1S/C17H14N4O/c1-11-5-7-13(9-15(11)18-3)20-17(22)21-14-8-6-12(2)16(10-14)19-4/h5-10H,1-2H3,(H2,20,21,22). The topological polar surface area (TPSA) is 49.9 Å². The summed E-state index contributed by atoms with van der Waals surface area (Å²) in [5, 5.41) is 5.35. The summed E-state index contributed by atoms with van der Waals surface area (Å²) in [6.45, 7) is 17.8. The van der Waals surface area contributed by atoms with Gasteiger partial charge in [-0.25, -0.2) is 14.5 Å². The summed E-state index contributed by atoms with van der Waals surface area (Å²) in [6.07, 6.45) is 0. The third-order valence-corrected chi connectivity index (χ3v) is 3.17. The van der Waals surface area contributed by atoms with Crippen molar-refractivity contribution in [3.63, 3.8) is 0 Å². The molecule has 0 aliphatic rings. The van der Waals surface area contributed by atoms with Crippen LogP contribution < -0.4 is 10.6 Å². The fourth-order valence-electron chi connectivity index (χ4n) is 1.91. The highest BCUT2D eigenvalue weighted by atomic mass is 16.2. The molecule has 108 valence electrons. The number of benzene rings is 2. The lowest BCUT2D eigenvalue weighted by molar-refractivity contribution is 0.262. The Morgan fingerprint density at radius 1 is 0.864 bits per heavy atom. The molecule has 22 heavy (non-hydrogen) atoms. The second kappa shape index (κ2) is 6.43. The van der Waals surface area contributed by atoms with Gasteiger partial charge in [0.05, 0.1) is 13.1 Å². The van der Waals surface area contributed by atoms with Crippen molar-refractivity contribution in [2.24, 2.45) is 0 Å². The summed E-state index contributed by atoms with van der Waals surface area (Å²) in [5.41, 5.74) is 3.83. The maximum atomic E-state index is 12.0. The summed E-state index contributed by atoms with van der Waals surface area (Å²) in [5.74, 6) is 0. The van der Waals surface area contributed by atoms with Crippen LogP contribution in [0.2, 0.25) is 0 Å². The second-order valence-electron chi connectivity index (χ2n) is 4.81. The van der Waals surface area contributed by atoms with Crippen LogP contribution in [0.5, 0.6) is 0 Å². The average Bonchev–Trinajstić information content (AvgIpc) is 2.51. The van der Waals surface area contributed by atoms with Gasteiger partial charge in [0.2, 0.25) is 0 Å². The van der Waals surface area contributed by atoms with Crippen molar-refractivity contribution in [3.05, 3.63) is 70.4 Å². The van der Waals surface area contributed by atoms with Crippen LogP contribution in [0.25, 0.3) is 9.69 Å². The number of amides is 2. The second-order valence-corrected chi connectivity index (χ2v) is 4.81. The maximum absolute atomic E-state index is 12.0. The predicted octanol–water partition coefficient (Wildman–Crippen LogP) is 5.05. The molecule has 0 aliphatic carbocycles. The van der Waals surface area contributed by atoms with Crippen LogP contribution in [-0.4, -0.2) is 6.03 Å². The van der Waals surface area contributed by atoms with Crippen LogP contribution in [-0.2, 0) is 0 Å². The molecule has 2 N–H and O–H groups in total. The van der Waals surface area contributed by atoms with Crippen LogP contribution in [0.4, 0.5) is 27.5 Å². The van der Waals surface area contributed by atoms with Crippen molar-refractivity contribution in [1.29, 1.82) is 0 Å². The molecule has 0 aliphatic heterocycles. The zero-order chi connectivity index (χ0) is 16.1. The van der Waals surface area contributed by atoms with Gasteiger partial charge in [0.25, 0.3) is 0 Å². The molecule has 0 bridgehead atoms. The summed E-state index contributed by atoms with van der Waals surface area (Å²) >= 11 is 0. The third-order valence-electron chi connectivity index (χ3n) is 3.17. The Hall–Kier alpha value is -3.31. The number of urea groups is 1. The Morgan fingerprint density at radius 3 is 1.64 bits per heavy atom. The van der Waals surface area contributed by atoms with Crippen LogP contribution in [0.1, 0.15) is 11.1 Å². The monoisotopic (exact) mass is 290 g/mol. The van der Waals surface area contributed by atoms with Crippen LogP contribution in [0, 0.1) is 27.0 Å². The number of hydrogen-bond donors (Lipinski definition) is 2. The van der Waals surface area contributed by atoms with Crippen molar-refractivity contribution in [1.82, 2.24) is 0 Å². The first kappa shape index (κ1) is 15.1. The fraction of sp³-hybridized carbons (Fsp3) is 0.118. The zero-order valence-electron chi connectivity index (χ0n) is 12.3. The van der Waals surface area contributed by atoms with Gasteiger partial charge >= 0.3 is 6.03 Å². The van der Waals surface area contributed by atoms with Gasteiger partial charge in [-0.3, -0.25) is 0 Å². The molecule has 0 saturated carbocycles. The molecular formula is C17H14N4O. The number of rotatable bonds is 2. The number of carbonyl (C=O) groups excluding carboxylic acids is 1. The lowest BCUT2D eigenvalue weighted by Crippen LogP contribution is -2.19. The van der Waals surface area contributed by atoms with E-state index in [0.717, 1.165) is 11.1 Å². The molecule has 0 aromatic heterocycles. The molecule has 0 heterocycles. The third kappa shape index (κ3) is 3.41. The van der Waals surface area contributed by atoms with E-state index in [9.17, 15) is 4.79 Å². The number of anilines is 2. The number of nitrogens with zero attached hydrogens (tertiary/aromatic N) is 2. The maximum Gasteiger partial charge on any atom is 0.323 e. The number of aryl methyl sites for hydroxylation is 2. The summed E-state index contributed by atoms with van der Waals surface area (Å²) < 4.78 is 0.